The second kappa shape index (κ2) is 6.96. The fourth-order valence-corrected chi connectivity index (χ4v) is 4.37. The van der Waals surface area contributed by atoms with Gasteiger partial charge in [-0.25, -0.2) is 4.79 Å². The zero-order valence-corrected chi connectivity index (χ0v) is 16.3. The molecular formula is C21H25N3O4. The Hall–Kier alpha value is -2.83. The summed E-state index contributed by atoms with van der Waals surface area (Å²) in [4.78, 5) is 40.2. The number of fused-ring (bicyclic) bond motifs is 1. The van der Waals surface area contributed by atoms with Gasteiger partial charge in [0.25, 0.3) is 0 Å². The van der Waals surface area contributed by atoms with E-state index in [-0.39, 0.29) is 24.3 Å². The van der Waals surface area contributed by atoms with Crippen LogP contribution in [0.25, 0.3) is 10.9 Å². The molecule has 148 valence electrons. The lowest BCUT2D eigenvalue weighted by molar-refractivity contribution is -0.131. The molecule has 1 aromatic heterocycles. The van der Waals surface area contributed by atoms with E-state index in [2.05, 4.69) is 0 Å². The lowest BCUT2D eigenvalue weighted by Gasteiger charge is -2.25. The van der Waals surface area contributed by atoms with Crippen LogP contribution in [-0.4, -0.2) is 64.4 Å². The number of aromatic nitrogens is 1. The molecule has 2 amide bonds. The van der Waals surface area contributed by atoms with Gasteiger partial charge in [0, 0.05) is 49.2 Å². The Balaban J connectivity index is 1.50. The molecule has 0 aliphatic carbocycles. The van der Waals surface area contributed by atoms with Gasteiger partial charge in [-0.1, -0.05) is 18.2 Å². The third kappa shape index (κ3) is 3.25. The third-order valence-electron chi connectivity index (χ3n) is 5.86. The number of carbonyl (C=O) groups excluding carboxylic acids is 3. The quantitative estimate of drug-likeness (QED) is 0.764. The maximum atomic E-state index is 13.0. The molecular weight excluding hydrogens is 358 g/mol. The fourth-order valence-electron chi connectivity index (χ4n) is 4.37. The summed E-state index contributed by atoms with van der Waals surface area (Å²) in [6.45, 7) is 3.54. The lowest BCUT2D eigenvalue weighted by atomic mass is 9.95. The Morgan fingerprint density at radius 3 is 2.68 bits per heavy atom. The van der Waals surface area contributed by atoms with E-state index in [9.17, 15) is 14.4 Å². The van der Waals surface area contributed by atoms with E-state index in [0.29, 0.717) is 31.6 Å². The molecule has 0 bridgehead atoms. The van der Waals surface area contributed by atoms with Gasteiger partial charge in [0.15, 0.2) is 5.78 Å². The van der Waals surface area contributed by atoms with Crippen LogP contribution in [0, 0.1) is 0 Å². The first-order valence-electron chi connectivity index (χ1n) is 9.69. The summed E-state index contributed by atoms with van der Waals surface area (Å²) in [5.41, 5.74) is 1.06. The molecule has 2 saturated heterocycles. The van der Waals surface area contributed by atoms with Crippen molar-refractivity contribution in [2.45, 2.75) is 38.3 Å². The van der Waals surface area contributed by atoms with Crippen molar-refractivity contribution in [3.63, 3.8) is 0 Å². The highest BCUT2D eigenvalue weighted by molar-refractivity contribution is 6.07. The Labute approximate surface area is 163 Å². The van der Waals surface area contributed by atoms with Crippen LogP contribution in [0.15, 0.2) is 30.5 Å². The van der Waals surface area contributed by atoms with Gasteiger partial charge in [-0.2, -0.15) is 0 Å². The third-order valence-corrected chi connectivity index (χ3v) is 5.86. The van der Waals surface area contributed by atoms with Crippen LogP contribution in [0.4, 0.5) is 4.79 Å². The van der Waals surface area contributed by atoms with E-state index < -0.39 is 5.60 Å². The molecule has 0 radical (unpaired) electrons. The molecule has 0 unspecified atom stereocenters. The standard InChI is InChI=1S/C21H25N3O4/c1-15(25)17-12-24(18-7-4-3-6-16(17)18)13-19(26)23-10-5-8-21(9-11-23)14-22(2)20(27)28-21/h3-4,6-7,12H,5,8-11,13-14H2,1-2H3/t21-/m1/s1. The van der Waals surface area contributed by atoms with Crippen LogP contribution in [0.1, 0.15) is 36.5 Å². The van der Waals surface area contributed by atoms with Gasteiger partial charge in [0.05, 0.1) is 6.54 Å². The highest BCUT2D eigenvalue weighted by Gasteiger charge is 2.44. The molecule has 0 saturated carbocycles. The van der Waals surface area contributed by atoms with Crippen molar-refractivity contribution in [3.8, 4) is 0 Å². The van der Waals surface area contributed by atoms with Gasteiger partial charge in [-0.05, 0) is 25.8 Å². The van der Waals surface area contributed by atoms with Crippen molar-refractivity contribution < 1.29 is 19.1 Å². The summed E-state index contributed by atoms with van der Waals surface area (Å²) < 4.78 is 7.48. The predicted molar refractivity (Wildman–Crippen MR) is 104 cm³/mol. The Morgan fingerprint density at radius 1 is 1.18 bits per heavy atom. The van der Waals surface area contributed by atoms with Gasteiger partial charge >= 0.3 is 6.09 Å². The van der Waals surface area contributed by atoms with Crippen molar-refractivity contribution in [1.82, 2.24) is 14.4 Å². The van der Waals surface area contributed by atoms with Crippen molar-refractivity contribution >= 4 is 28.7 Å². The average Bonchev–Trinajstić information content (AvgIpc) is 3.07. The van der Waals surface area contributed by atoms with Crippen LogP contribution in [0.2, 0.25) is 0 Å². The van der Waals surface area contributed by atoms with Crippen molar-refractivity contribution in [2.75, 3.05) is 26.7 Å². The number of hydrogen-bond acceptors (Lipinski definition) is 4. The molecule has 0 N–H and O–H groups in total. The van der Waals surface area contributed by atoms with Crippen molar-refractivity contribution in [3.05, 3.63) is 36.0 Å². The van der Waals surface area contributed by atoms with Gasteiger partial charge in [-0.3, -0.25) is 9.59 Å². The minimum Gasteiger partial charge on any atom is -0.441 e. The number of carbonyl (C=O) groups is 3. The van der Waals surface area contributed by atoms with Crippen LogP contribution in [0.3, 0.4) is 0 Å². The van der Waals surface area contributed by atoms with Gasteiger partial charge in [0.2, 0.25) is 5.91 Å². The van der Waals surface area contributed by atoms with Crippen LogP contribution >= 0.6 is 0 Å². The molecule has 1 spiro atoms. The van der Waals surface area contributed by atoms with Crippen LogP contribution < -0.4 is 0 Å². The zero-order valence-electron chi connectivity index (χ0n) is 16.3. The van der Waals surface area contributed by atoms with E-state index in [0.717, 1.165) is 23.7 Å². The first kappa shape index (κ1) is 18.5. The fraction of sp³-hybridized carbons (Fsp3) is 0.476. The topological polar surface area (TPSA) is 71.9 Å². The number of benzene rings is 1. The number of likely N-dealkylation sites (N-methyl/N-ethyl adjacent to an activating group) is 1. The molecule has 2 aliphatic heterocycles. The van der Waals surface area contributed by atoms with Gasteiger partial charge in [0.1, 0.15) is 12.1 Å². The predicted octanol–water partition coefficient (Wildman–Crippen LogP) is 2.68. The smallest absolute Gasteiger partial charge is 0.410 e. The van der Waals surface area contributed by atoms with Crippen LogP contribution in [0.5, 0.6) is 0 Å². The molecule has 7 heteroatoms. The SMILES string of the molecule is CC(=O)c1cn(CC(=O)N2CCC[C@@]3(CC2)CN(C)C(=O)O3)c2ccccc12. The van der Waals surface area contributed by atoms with Crippen LogP contribution in [-0.2, 0) is 16.1 Å². The summed E-state index contributed by atoms with van der Waals surface area (Å²) in [7, 11) is 1.74. The van der Waals surface area contributed by atoms with Gasteiger partial charge in [-0.15, -0.1) is 0 Å². The molecule has 1 aromatic carbocycles. The summed E-state index contributed by atoms with van der Waals surface area (Å²) in [5.74, 6) is 0.0110. The average molecular weight is 383 g/mol. The van der Waals surface area contributed by atoms with Gasteiger partial charge < -0.3 is 19.1 Å². The second-order valence-corrected chi connectivity index (χ2v) is 7.89. The number of ether oxygens (including phenoxy) is 1. The minimum atomic E-state index is -0.469. The highest BCUT2D eigenvalue weighted by atomic mass is 16.6. The molecule has 1 atom stereocenters. The Morgan fingerprint density at radius 2 is 1.96 bits per heavy atom. The molecule has 2 fully saturated rings. The van der Waals surface area contributed by atoms with Crippen molar-refractivity contribution in [2.24, 2.45) is 0 Å². The number of rotatable bonds is 3. The molecule has 28 heavy (non-hydrogen) atoms. The summed E-state index contributed by atoms with van der Waals surface area (Å²) >= 11 is 0. The minimum absolute atomic E-state index is 0.00807. The number of nitrogens with zero attached hydrogens (tertiary/aromatic N) is 3. The molecule has 4 rings (SSSR count). The van der Waals surface area contributed by atoms with E-state index >= 15 is 0 Å². The number of amides is 2. The van der Waals surface area contributed by atoms with E-state index in [1.807, 2.05) is 33.7 Å². The Kier molecular flexibility index (Phi) is 4.61. The zero-order chi connectivity index (χ0) is 19.9. The lowest BCUT2D eigenvalue weighted by Crippen LogP contribution is -2.37. The number of ketones is 1. The molecule has 3 heterocycles. The normalized spacial score (nSPS) is 22.6. The molecule has 2 aliphatic rings. The maximum Gasteiger partial charge on any atom is 0.410 e. The summed E-state index contributed by atoms with van der Waals surface area (Å²) in [6.07, 6.45) is 3.72. The van der Waals surface area contributed by atoms with E-state index in [1.54, 1.807) is 25.1 Å². The largest absolute Gasteiger partial charge is 0.441 e. The molecule has 7 nitrogen and oxygen atoms in total. The number of Topliss-reactive ketones (excluding diaryl/α,β-unsaturated/α-hetero) is 1. The monoisotopic (exact) mass is 383 g/mol. The molecule has 2 aromatic rings. The van der Waals surface area contributed by atoms with E-state index in [4.69, 9.17) is 4.74 Å². The summed E-state index contributed by atoms with van der Waals surface area (Å²) in [6, 6.07) is 7.65. The first-order chi connectivity index (χ1) is 13.4. The maximum absolute atomic E-state index is 13.0. The Bertz CT molecular complexity index is 950. The second-order valence-electron chi connectivity index (χ2n) is 7.89. The summed E-state index contributed by atoms with van der Waals surface area (Å²) in [5, 5.41) is 0.874. The number of para-hydroxylation sites is 1. The number of likely N-dealkylation sites (tertiary alicyclic amines) is 1. The number of hydrogen-bond donors (Lipinski definition) is 0. The van der Waals surface area contributed by atoms with E-state index in [1.165, 1.54) is 0 Å². The first-order valence-corrected chi connectivity index (χ1v) is 9.69. The highest BCUT2D eigenvalue weighted by Crippen LogP contribution is 2.32. The van der Waals surface area contributed by atoms with Crippen molar-refractivity contribution in [1.29, 1.82) is 0 Å².